The first-order valence-corrected chi connectivity index (χ1v) is 4.86. The molecule has 0 aliphatic heterocycles. The van der Waals surface area contributed by atoms with Crippen LogP contribution in [0.3, 0.4) is 0 Å². The Balaban J connectivity index is 3.91. The maximum absolute atomic E-state index is 10.2. The Labute approximate surface area is 72.4 Å². The molecule has 0 spiro atoms. The van der Waals surface area contributed by atoms with Crippen molar-refractivity contribution in [3.05, 3.63) is 12.7 Å². The predicted octanol–water partition coefficient (Wildman–Crippen LogP) is 0.318. The SMILES string of the molecule is C=CCNC(CC)OS(=O)(=O)O. The molecule has 0 amide bonds. The highest BCUT2D eigenvalue weighted by molar-refractivity contribution is 7.80. The van der Waals surface area contributed by atoms with Crippen LogP contribution in [-0.2, 0) is 14.6 Å². The van der Waals surface area contributed by atoms with Crippen molar-refractivity contribution in [1.82, 2.24) is 5.32 Å². The lowest BCUT2D eigenvalue weighted by Gasteiger charge is -2.13. The van der Waals surface area contributed by atoms with Gasteiger partial charge in [-0.3, -0.25) is 9.87 Å². The molecule has 2 N–H and O–H groups in total. The number of nitrogens with one attached hydrogen (secondary N) is 1. The first-order valence-electron chi connectivity index (χ1n) is 3.49. The van der Waals surface area contributed by atoms with E-state index >= 15 is 0 Å². The van der Waals surface area contributed by atoms with Gasteiger partial charge in [0.25, 0.3) is 0 Å². The fourth-order valence-electron chi connectivity index (χ4n) is 0.608. The van der Waals surface area contributed by atoms with Crippen LogP contribution >= 0.6 is 0 Å². The molecule has 0 aromatic rings. The summed E-state index contributed by atoms with van der Waals surface area (Å²) >= 11 is 0. The molecule has 1 atom stereocenters. The van der Waals surface area contributed by atoms with Gasteiger partial charge in [0.1, 0.15) is 6.23 Å². The smallest absolute Gasteiger partial charge is 0.287 e. The Morgan fingerprint density at radius 3 is 2.67 bits per heavy atom. The van der Waals surface area contributed by atoms with Gasteiger partial charge in [0.05, 0.1) is 0 Å². The van der Waals surface area contributed by atoms with Crippen LogP contribution < -0.4 is 5.32 Å². The van der Waals surface area contributed by atoms with Gasteiger partial charge in [0, 0.05) is 6.54 Å². The molecule has 0 aromatic carbocycles. The van der Waals surface area contributed by atoms with Crippen LogP contribution in [0.5, 0.6) is 0 Å². The molecule has 0 aliphatic carbocycles. The van der Waals surface area contributed by atoms with Crippen LogP contribution in [0, 0.1) is 0 Å². The van der Waals surface area contributed by atoms with Crippen molar-refractivity contribution in [2.24, 2.45) is 0 Å². The van der Waals surface area contributed by atoms with Crippen molar-refractivity contribution in [1.29, 1.82) is 0 Å². The molecule has 0 heterocycles. The van der Waals surface area contributed by atoms with Gasteiger partial charge >= 0.3 is 10.4 Å². The lowest BCUT2D eigenvalue weighted by molar-refractivity contribution is 0.149. The van der Waals surface area contributed by atoms with Crippen molar-refractivity contribution in [2.75, 3.05) is 6.54 Å². The lowest BCUT2D eigenvalue weighted by atomic mass is 10.4. The van der Waals surface area contributed by atoms with E-state index in [0.717, 1.165) is 0 Å². The third-order valence-electron chi connectivity index (χ3n) is 1.10. The Bertz CT molecular complexity index is 224. The van der Waals surface area contributed by atoms with E-state index < -0.39 is 16.6 Å². The third kappa shape index (κ3) is 6.29. The molecule has 12 heavy (non-hydrogen) atoms. The van der Waals surface area contributed by atoms with Crippen LogP contribution in [0.15, 0.2) is 12.7 Å². The van der Waals surface area contributed by atoms with Gasteiger partial charge in [0.2, 0.25) is 0 Å². The summed E-state index contributed by atoms with van der Waals surface area (Å²) in [6.45, 7) is 5.59. The zero-order valence-electron chi connectivity index (χ0n) is 6.86. The maximum atomic E-state index is 10.2. The molecule has 0 saturated carbocycles. The Kier molecular flexibility index (Phi) is 5.07. The fourth-order valence-corrected chi connectivity index (χ4v) is 1.11. The van der Waals surface area contributed by atoms with Gasteiger partial charge in [-0.25, -0.2) is 4.18 Å². The average Bonchev–Trinajstić information content (AvgIpc) is 1.95. The number of hydrogen-bond acceptors (Lipinski definition) is 4. The van der Waals surface area contributed by atoms with Gasteiger partial charge in [-0.15, -0.1) is 6.58 Å². The highest BCUT2D eigenvalue weighted by Crippen LogP contribution is 1.97. The Hall–Kier alpha value is -0.430. The molecule has 0 fully saturated rings. The summed E-state index contributed by atoms with van der Waals surface area (Å²) in [5.74, 6) is 0. The second kappa shape index (κ2) is 5.26. The Morgan fingerprint density at radius 1 is 1.75 bits per heavy atom. The van der Waals surface area contributed by atoms with Gasteiger partial charge in [-0.1, -0.05) is 13.0 Å². The van der Waals surface area contributed by atoms with E-state index in [0.29, 0.717) is 13.0 Å². The van der Waals surface area contributed by atoms with Gasteiger partial charge < -0.3 is 0 Å². The molecule has 0 rings (SSSR count). The van der Waals surface area contributed by atoms with Crippen LogP contribution in [-0.4, -0.2) is 25.7 Å². The molecule has 0 aliphatic rings. The van der Waals surface area contributed by atoms with E-state index in [2.05, 4.69) is 16.1 Å². The minimum atomic E-state index is -4.36. The summed E-state index contributed by atoms with van der Waals surface area (Å²) < 4.78 is 33.0. The van der Waals surface area contributed by atoms with Crippen LogP contribution in [0.4, 0.5) is 0 Å². The predicted molar refractivity (Wildman–Crippen MR) is 44.9 cm³/mol. The summed E-state index contributed by atoms with van der Waals surface area (Å²) in [6.07, 6.45) is 1.31. The van der Waals surface area contributed by atoms with Gasteiger partial charge in [-0.2, -0.15) is 8.42 Å². The molecular weight excluding hydrogens is 182 g/mol. The first kappa shape index (κ1) is 11.6. The van der Waals surface area contributed by atoms with E-state index in [1.807, 2.05) is 0 Å². The molecule has 5 nitrogen and oxygen atoms in total. The van der Waals surface area contributed by atoms with Crippen molar-refractivity contribution < 1.29 is 17.2 Å². The van der Waals surface area contributed by atoms with Crippen LogP contribution in [0.2, 0.25) is 0 Å². The largest absolute Gasteiger partial charge is 0.398 e. The number of hydrogen-bond donors (Lipinski definition) is 2. The molecule has 0 aromatic heterocycles. The maximum Gasteiger partial charge on any atom is 0.398 e. The van der Waals surface area contributed by atoms with Gasteiger partial charge in [0.15, 0.2) is 0 Å². The molecule has 0 saturated heterocycles. The molecule has 0 bridgehead atoms. The first-order chi connectivity index (χ1) is 5.49. The van der Waals surface area contributed by atoms with E-state index in [1.54, 1.807) is 13.0 Å². The zero-order chi connectivity index (χ0) is 9.61. The van der Waals surface area contributed by atoms with Crippen LogP contribution in [0.25, 0.3) is 0 Å². The topological polar surface area (TPSA) is 75.6 Å². The Morgan fingerprint density at radius 2 is 2.33 bits per heavy atom. The second-order valence-electron chi connectivity index (χ2n) is 2.12. The van der Waals surface area contributed by atoms with Crippen molar-refractivity contribution in [2.45, 2.75) is 19.6 Å². The normalized spacial score (nSPS) is 14.2. The highest BCUT2D eigenvalue weighted by Gasteiger charge is 2.13. The minimum Gasteiger partial charge on any atom is -0.287 e. The van der Waals surface area contributed by atoms with Crippen molar-refractivity contribution in [3.8, 4) is 0 Å². The standard InChI is InChI=1S/C6H13NO4S/c1-3-5-7-6(4-2)11-12(8,9)10/h3,6-7H,1,4-5H2,2H3,(H,8,9,10). The quantitative estimate of drug-likeness (QED) is 0.362. The fraction of sp³-hybridized carbons (Fsp3) is 0.667. The van der Waals surface area contributed by atoms with E-state index in [4.69, 9.17) is 4.55 Å². The molecule has 1 unspecified atom stereocenters. The molecular formula is C6H13NO4S. The summed E-state index contributed by atoms with van der Waals surface area (Å²) in [5, 5.41) is 2.70. The molecule has 72 valence electrons. The average molecular weight is 195 g/mol. The van der Waals surface area contributed by atoms with Crippen molar-refractivity contribution in [3.63, 3.8) is 0 Å². The summed E-state index contributed by atoms with van der Waals surface area (Å²) in [6, 6.07) is 0. The van der Waals surface area contributed by atoms with E-state index in [9.17, 15) is 8.42 Å². The summed E-state index contributed by atoms with van der Waals surface area (Å²) in [7, 11) is -4.36. The van der Waals surface area contributed by atoms with E-state index in [-0.39, 0.29) is 0 Å². The summed E-state index contributed by atoms with van der Waals surface area (Å²) in [5.41, 5.74) is 0. The van der Waals surface area contributed by atoms with Gasteiger partial charge in [-0.05, 0) is 6.42 Å². The number of rotatable bonds is 6. The third-order valence-corrected chi connectivity index (χ3v) is 1.57. The molecule has 6 heteroatoms. The highest BCUT2D eigenvalue weighted by atomic mass is 32.3. The lowest BCUT2D eigenvalue weighted by Crippen LogP contribution is -2.33. The summed E-state index contributed by atoms with van der Waals surface area (Å²) in [4.78, 5) is 0. The van der Waals surface area contributed by atoms with Crippen LogP contribution in [0.1, 0.15) is 13.3 Å². The van der Waals surface area contributed by atoms with Crippen molar-refractivity contribution >= 4 is 10.4 Å². The van der Waals surface area contributed by atoms with E-state index in [1.165, 1.54) is 0 Å². The second-order valence-corrected chi connectivity index (χ2v) is 3.17. The molecule has 0 radical (unpaired) electrons. The minimum absolute atomic E-state index is 0.425. The monoisotopic (exact) mass is 195 g/mol. The zero-order valence-corrected chi connectivity index (χ0v) is 7.67.